The Labute approximate surface area is 107 Å². The molecule has 1 saturated carbocycles. The fourth-order valence-electron chi connectivity index (χ4n) is 2.77. The molecule has 1 heterocycles. The van der Waals surface area contributed by atoms with Crippen molar-refractivity contribution in [3.63, 3.8) is 0 Å². The second kappa shape index (κ2) is 5.65. The SMILES string of the molecule is Cc1nc(C2CCC(C)CC2)[nH]c(=O)c1CCO. The largest absolute Gasteiger partial charge is 0.396 e. The van der Waals surface area contributed by atoms with Crippen molar-refractivity contribution < 1.29 is 5.11 Å². The minimum Gasteiger partial charge on any atom is -0.396 e. The predicted octanol–water partition coefficient (Wildman–Crippen LogP) is 1.91. The molecule has 2 N–H and O–H groups in total. The number of aliphatic hydroxyl groups is 1. The van der Waals surface area contributed by atoms with Gasteiger partial charge in [-0.25, -0.2) is 4.98 Å². The lowest BCUT2D eigenvalue weighted by Crippen LogP contribution is -2.23. The average molecular weight is 250 g/mol. The van der Waals surface area contributed by atoms with Crippen molar-refractivity contribution in [1.29, 1.82) is 0 Å². The van der Waals surface area contributed by atoms with Crippen LogP contribution in [0.3, 0.4) is 0 Å². The van der Waals surface area contributed by atoms with E-state index in [0.717, 1.165) is 30.3 Å². The van der Waals surface area contributed by atoms with E-state index in [1.54, 1.807) is 0 Å². The molecule has 2 rings (SSSR count). The second-order valence-electron chi connectivity index (χ2n) is 5.45. The summed E-state index contributed by atoms with van der Waals surface area (Å²) in [4.78, 5) is 19.4. The lowest BCUT2D eigenvalue weighted by atomic mass is 9.82. The van der Waals surface area contributed by atoms with Crippen LogP contribution < -0.4 is 5.56 Å². The maximum absolute atomic E-state index is 12.0. The summed E-state index contributed by atoms with van der Waals surface area (Å²) in [5, 5.41) is 8.94. The number of aromatic nitrogens is 2. The number of aryl methyl sites for hydroxylation is 1. The molecule has 0 aliphatic heterocycles. The van der Waals surface area contributed by atoms with Crippen molar-refractivity contribution in [2.45, 2.75) is 51.9 Å². The molecule has 0 atom stereocenters. The minimum atomic E-state index is -0.0785. The first-order valence-corrected chi connectivity index (χ1v) is 6.82. The molecule has 0 amide bonds. The first kappa shape index (κ1) is 13.3. The van der Waals surface area contributed by atoms with Crippen molar-refractivity contribution in [1.82, 2.24) is 9.97 Å². The summed E-state index contributed by atoms with van der Waals surface area (Å²) in [6.45, 7) is 4.13. The number of aromatic amines is 1. The van der Waals surface area contributed by atoms with Crippen molar-refractivity contribution >= 4 is 0 Å². The maximum atomic E-state index is 12.0. The summed E-state index contributed by atoms with van der Waals surface area (Å²) in [7, 11) is 0. The predicted molar refractivity (Wildman–Crippen MR) is 70.8 cm³/mol. The van der Waals surface area contributed by atoms with Gasteiger partial charge in [0.25, 0.3) is 5.56 Å². The van der Waals surface area contributed by atoms with Gasteiger partial charge in [0.05, 0.1) is 0 Å². The molecule has 1 aliphatic rings. The molecule has 1 aromatic heterocycles. The minimum absolute atomic E-state index is 0.00805. The monoisotopic (exact) mass is 250 g/mol. The van der Waals surface area contributed by atoms with Crippen LogP contribution in [0.2, 0.25) is 0 Å². The van der Waals surface area contributed by atoms with Crippen molar-refractivity contribution in [3.05, 3.63) is 27.4 Å². The highest BCUT2D eigenvalue weighted by atomic mass is 16.3. The first-order valence-electron chi connectivity index (χ1n) is 6.82. The van der Waals surface area contributed by atoms with Crippen LogP contribution in [0.4, 0.5) is 0 Å². The second-order valence-corrected chi connectivity index (χ2v) is 5.45. The average Bonchev–Trinajstić information content (AvgIpc) is 2.34. The van der Waals surface area contributed by atoms with Crippen LogP contribution in [-0.4, -0.2) is 21.7 Å². The van der Waals surface area contributed by atoms with E-state index in [4.69, 9.17) is 5.11 Å². The smallest absolute Gasteiger partial charge is 0.254 e. The molecular weight excluding hydrogens is 228 g/mol. The number of nitrogens with one attached hydrogen (secondary N) is 1. The molecule has 0 unspecified atom stereocenters. The third-order valence-corrected chi connectivity index (χ3v) is 4.00. The summed E-state index contributed by atoms with van der Waals surface area (Å²) >= 11 is 0. The summed E-state index contributed by atoms with van der Waals surface area (Å²) < 4.78 is 0. The number of aliphatic hydroxyl groups excluding tert-OH is 1. The Morgan fingerprint density at radius 2 is 2.00 bits per heavy atom. The van der Waals surface area contributed by atoms with Crippen LogP contribution in [0.25, 0.3) is 0 Å². The van der Waals surface area contributed by atoms with E-state index in [2.05, 4.69) is 16.9 Å². The lowest BCUT2D eigenvalue weighted by Gasteiger charge is -2.25. The fourth-order valence-corrected chi connectivity index (χ4v) is 2.77. The van der Waals surface area contributed by atoms with Gasteiger partial charge >= 0.3 is 0 Å². The van der Waals surface area contributed by atoms with E-state index in [-0.39, 0.29) is 12.2 Å². The lowest BCUT2D eigenvalue weighted by molar-refractivity contribution is 0.298. The highest BCUT2D eigenvalue weighted by molar-refractivity contribution is 5.18. The molecule has 4 nitrogen and oxygen atoms in total. The molecule has 100 valence electrons. The van der Waals surface area contributed by atoms with E-state index in [0.29, 0.717) is 17.9 Å². The normalized spacial score (nSPS) is 24.2. The molecule has 0 radical (unpaired) electrons. The van der Waals surface area contributed by atoms with Gasteiger partial charge in [-0.1, -0.05) is 19.8 Å². The molecule has 0 aromatic carbocycles. The number of H-pyrrole nitrogens is 1. The number of hydrogen-bond donors (Lipinski definition) is 2. The first-order chi connectivity index (χ1) is 8.61. The van der Waals surface area contributed by atoms with Gasteiger partial charge in [0.2, 0.25) is 0 Å². The Morgan fingerprint density at radius 3 is 2.56 bits per heavy atom. The van der Waals surface area contributed by atoms with Crippen LogP contribution in [0.1, 0.15) is 55.6 Å². The molecule has 4 heteroatoms. The van der Waals surface area contributed by atoms with Gasteiger partial charge in [-0.05, 0) is 25.7 Å². The Balaban J connectivity index is 2.22. The molecule has 1 fully saturated rings. The topological polar surface area (TPSA) is 66.0 Å². The Bertz CT molecular complexity index is 459. The molecule has 0 saturated heterocycles. The van der Waals surface area contributed by atoms with Gasteiger partial charge in [-0.15, -0.1) is 0 Å². The van der Waals surface area contributed by atoms with E-state index in [1.807, 2.05) is 6.92 Å². The van der Waals surface area contributed by atoms with Crippen LogP contribution in [0.5, 0.6) is 0 Å². The number of hydrogen-bond acceptors (Lipinski definition) is 3. The Morgan fingerprint density at radius 1 is 1.33 bits per heavy atom. The van der Waals surface area contributed by atoms with E-state index in [9.17, 15) is 4.79 Å². The van der Waals surface area contributed by atoms with Crippen molar-refractivity contribution in [3.8, 4) is 0 Å². The third-order valence-electron chi connectivity index (χ3n) is 4.00. The van der Waals surface area contributed by atoms with Crippen LogP contribution >= 0.6 is 0 Å². The highest BCUT2D eigenvalue weighted by Gasteiger charge is 2.22. The zero-order valence-corrected chi connectivity index (χ0v) is 11.2. The summed E-state index contributed by atoms with van der Waals surface area (Å²) in [5.74, 6) is 2.03. The number of rotatable bonds is 3. The number of nitrogens with zero attached hydrogens (tertiary/aromatic N) is 1. The van der Waals surface area contributed by atoms with Gasteiger partial charge in [0, 0.05) is 30.2 Å². The van der Waals surface area contributed by atoms with Crippen LogP contribution in [-0.2, 0) is 6.42 Å². The molecule has 1 aromatic rings. The van der Waals surface area contributed by atoms with Gasteiger partial charge in [0.15, 0.2) is 0 Å². The van der Waals surface area contributed by atoms with Gasteiger partial charge in [0.1, 0.15) is 5.82 Å². The highest BCUT2D eigenvalue weighted by Crippen LogP contribution is 2.33. The standard InChI is InChI=1S/C14H22N2O2/c1-9-3-5-11(6-4-9)13-15-10(2)12(7-8-17)14(18)16-13/h9,11,17H,3-8H2,1-2H3,(H,15,16,18). The van der Waals surface area contributed by atoms with Gasteiger partial charge < -0.3 is 10.1 Å². The summed E-state index contributed by atoms with van der Waals surface area (Å²) in [6.07, 6.45) is 5.04. The van der Waals surface area contributed by atoms with Crippen molar-refractivity contribution in [2.24, 2.45) is 5.92 Å². The van der Waals surface area contributed by atoms with E-state index < -0.39 is 0 Å². The van der Waals surface area contributed by atoms with Crippen LogP contribution in [0, 0.1) is 12.8 Å². The zero-order valence-electron chi connectivity index (χ0n) is 11.2. The van der Waals surface area contributed by atoms with Gasteiger partial charge in [-0.3, -0.25) is 4.79 Å². The van der Waals surface area contributed by atoms with E-state index >= 15 is 0 Å². The molecule has 0 spiro atoms. The fraction of sp³-hybridized carbons (Fsp3) is 0.714. The Kier molecular flexibility index (Phi) is 4.17. The quantitative estimate of drug-likeness (QED) is 0.861. The third kappa shape index (κ3) is 2.80. The maximum Gasteiger partial charge on any atom is 0.254 e. The molecule has 1 aliphatic carbocycles. The van der Waals surface area contributed by atoms with Crippen molar-refractivity contribution in [2.75, 3.05) is 6.61 Å². The molecular formula is C14H22N2O2. The molecule has 18 heavy (non-hydrogen) atoms. The van der Waals surface area contributed by atoms with Gasteiger partial charge in [-0.2, -0.15) is 0 Å². The summed E-state index contributed by atoms with van der Waals surface area (Å²) in [6, 6.07) is 0. The van der Waals surface area contributed by atoms with Crippen LogP contribution in [0.15, 0.2) is 4.79 Å². The zero-order chi connectivity index (χ0) is 13.1. The van der Waals surface area contributed by atoms with E-state index in [1.165, 1.54) is 12.8 Å². The summed E-state index contributed by atoms with van der Waals surface area (Å²) in [5.41, 5.74) is 1.30. The molecule has 0 bridgehead atoms. The Hall–Kier alpha value is -1.16.